The normalized spacial score (nSPS) is 24.8. The number of phenols is 1. The third-order valence-electron chi connectivity index (χ3n) is 7.35. The van der Waals surface area contributed by atoms with Gasteiger partial charge in [-0.25, -0.2) is 0 Å². The molecule has 2 aliphatic rings. The summed E-state index contributed by atoms with van der Waals surface area (Å²) in [6.45, 7) is 1.94. The van der Waals surface area contributed by atoms with Crippen molar-refractivity contribution in [3.63, 3.8) is 0 Å². The zero-order chi connectivity index (χ0) is 29.3. The number of primary amides is 1. The average Bonchev–Trinajstić information content (AvgIpc) is 2.81. The van der Waals surface area contributed by atoms with Gasteiger partial charge < -0.3 is 41.5 Å². The molecule has 1 aromatic rings. The van der Waals surface area contributed by atoms with E-state index in [0.29, 0.717) is 17.7 Å². The smallest absolute Gasteiger partial charge is 0.255 e. The number of ketones is 2. The van der Waals surface area contributed by atoms with Crippen molar-refractivity contribution in [3.8, 4) is 5.75 Å². The third kappa shape index (κ3) is 5.72. The van der Waals surface area contributed by atoms with Gasteiger partial charge in [0.1, 0.15) is 22.8 Å². The van der Waals surface area contributed by atoms with Gasteiger partial charge in [0.15, 0.2) is 11.6 Å². The number of aromatic hydroxyl groups is 1. The number of benzene rings is 1. The molecule has 1 amide bonds. The molecule has 0 aromatic heterocycles. The predicted octanol–water partition coefficient (Wildman–Crippen LogP) is 0.603. The van der Waals surface area contributed by atoms with Gasteiger partial charge in [0.25, 0.3) is 5.91 Å². The number of nitrogens with one attached hydrogen (secondary N) is 1. The van der Waals surface area contributed by atoms with E-state index < -0.39 is 65.2 Å². The lowest BCUT2D eigenvalue weighted by Gasteiger charge is -2.36. The summed E-state index contributed by atoms with van der Waals surface area (Å²) in [6.07, 6.45) is -2.42. The number of hydrogen-bond acceptors (Lipinski definition) is 11. The number of likely N-dealkylation sites (N-methyl/N-ethyl adjacent to an activating group) is 1. The van der Waals surface area contributed by atoms with Gasteiger partial charge in [0.2, 0.25) is 0 Å². The van der Waals surface area contributed by atoms with Gasteiger partial charge in [-0.3, -0.25) is 19.3 Å². The first kappa shape index (κ1) is 29.9. The Morgan fingerprint density at radius 1 is 1.15 bits per heavy atom. The second-order valence-electron chi connectivity index (χ2n) is 10.5. The highest BCUT2D eigenvalue weighted by atomic mass is 16.3. The van der Waals surface area contributed by atoms with Crippen LogP contribution in [0.3, 0.4) is 0 Å². The van der Waals surface area contributed by atoms with Crippen LogP contribution in [-0.4, -0.2) is 101 Å². The number of amides is 1. The van der Waals surface area contributed by atoms with Crippen molar-refractivity contribution >= 4 is 34.6 Å². The molecule has 0 fully saturated rings. The highest BCUT2D eigenvalue weighted by Gasteiger charge is 2.42. The second kappa shape index (κ2) is 11.6. The minimum absolute atomic E-state index is 0.00552. The molecule has 1 aromatic carbocycles. The van der Waals surface area contributed by atoms with Crippen LogP contribution in [0.15, 0.2) is 23.0 Å². The average molecular weight is 547 g/mol. The number of phenolic OH excluding ortho intramolecular Hbond substituents is 1. The van der Waals surface area contributed by atoms with Crippen LogP contribution >= 0.6 is 0 Å². The molecule has 0 spiro atoms. The van der Waals surface area contributed by atoms with E-state index >= 15 is 0 Å². The number of carbonyl (C=O) groups excluding carboxylic acids is 3. The number of fused-ring (bicyclic) bond motifs is 2. The van der Waals surface area contributed by atoms with Gasteiger partial charge in [-0.05, 0) is 50.9 Å². The molecule has 8 N–H and O–H groups in total. The third-order valence-corrected chi connectivity index (χ3v) is 7.35. The summed E-state index contributed by atoms with van der Waals surface area (Å²) < 4.78 is 0. The second-order valence-corrected chi connectivity index (χ2v) is 10.5. The number of hydrogen-bond donors (Lipinski definition) is 7. The lowest BCUT2D eigenvalue weighted by atomic mass is 9.74. The highest BCUT2D eigenvalue weighted by molar-refractivity contribution is 6.25. The van der Waals surface area contributed by atoms with E-state index in [1.54, 1.807) is 46.1 Å². The van der Waals surface area contributed by atoms with Crippen LogP contribution in [0.2, 0.25) is 0 Å². The quantitative estimate of drug-likeness (QED) is 0.144. The number of nitrogens with zero attached hydrogens (tertiary/aromatic N) is 2. The Morgan fingerprint density at radius 3 is 2.33 bits per heavy atom. The van der Waals surface area contributed by atoms with E-state index in [2.05, 4.69) is 5.32 Å². The highest BCUT2D eigenvalue weighted by Crippen LogP contribution is 2.48. The number of nitrogens with two attached hydrogens (primary N) is 1. The van der Waals surface area contributed by atoms with Crippen LogP contribution in [0.5, 0.6) is 5.75 Å². The first-order valence-corrected chi connectivity index (χ1v) is 12.8. The Bertz CT molecular complexity index is 1240. The first-order valence-electron chi connectivity index (χ1n) is 12.8. The zero-order valence-corrected chi connectivity index (χ0v) is 22.9. The van der Waals surface area contributed by atoms with Gasteiger partial charge in [-0.15, -0.1) is 0 Å². The standard InChI is InChI=1S/C27H38N4O8/c1-6-13(32)11-29-15-9-16(30(2)3)14-7-12-8-19(35)23(31(4)5)26(38)22(27(28)39)18(34)10-17(33)20(12)25(37)21(14)24(15)36/h9,12-13,19,23,29,32,35-38H,6-8,10-11H2,1-5H3,(H2,28,39)/b26-22-/t12-,13?,19-,23?/m0/s1. The summed E-state index contributed by atoms with van der Waals surface area (Å²) in [5, 5.41) is 57.6. The van der Waals surface area contributed by atoms with Crippen molar-refractivity contribution in [1.29, 1.82) is 0 Å². The summed E-state index contributed by atoms with van der Waals surface area (Å²) in [6, 6.07) is 0.486. The van der Waals surface area contributed by atoms with Crippen molar-refractivity contribution in [2.45, 2.75) is 50.9 Å². The van der Waals surface area contributed by atoms with Crippen LogP contribution in [0.1, 0.15) is 37.3 Å². The molecule has 0 bridgehead atoms. The molecule has 0 saturated heterocycles. The van der Waals surface area contributed by atoms with Crippen LogP contribution in [-0.2, 0) is 20.8 Å². The van der Waals surface area contributed by atoms with E-state index in [1.807, 2.05) is 0 Å². The number of aliphatic hydroxyl groups is 4. The van der Waals surface area contributed by atoms with Gasteiger partial charge in [-0.2, -0.15) is 0 Å². The summed E-state index contributed by atoms with van der Waals surface area (Å²) in [7, 11) is 6.63. The zero-order valence-electron chi connectivity index (χ0n) is 22.9. The summed E-state index contributed by atoms with van der Waals surface area (Å²) in [4.78, 5) is 41.7. The number of allylic oxidation sites excluding steroid dienone is 1. The lowest BCUT2D eigenvalue weighted by molar-refractivity contribution is -0.125. The lowest BCUT2D eigenvalue weighted by Crippen LogP contribution is -2.45. The van der Waals surface area contributed by atoms with E-state index in [4.69, 9.17) is 5.73 Å². The largest absolute Gasteiger partial charge is 0.510 e. The summed E-state index contributed by atoms with van der Waals surface area (Å²) in [5.41, 5.74) is 5.80. The van der Waals surface area contributed by atoms with Crippen LogP contribution in [0.4, 0.5) is 11.4 Å². The Hall–Kier alpha value is -3.61. The van der Waals surface area contributed by atoms with E-state index in [9.17, 15) is 39.9 Å². The van der Waals surface area contributed by atoms with Gasteiger partial charge >= 0.3 is 0 Å². The van der Waals surface area contributed by atoms with Gasteiger partial charge in [0.05, 0.1) is 35.9 Å². The molecular weight excluding hydrogens is 508 g/mol. The van der Waals surface area contributed by atoms with Gasteiger partial charge in [0, 0.05) is 31.9 Å². The van der Waals surface area contributed by atoms with Crippen LogP contribution in [0, 0.1) is 5.92 Å². The molecule has 0 radical (unpaired) electrons. The van der Waals surface area contributed by atoms with E-state index in [1.165, 1.54) is 4.90 Å². The fourth-order valence-corrected chi connectivity index (χ4v) is 5.38. The molecule has 12 heteroatoms. The number of anilines is 2. The summed E-state index contributed by atoms with van der Waals surface area (Å²) in [5.74, 6) is -5.48. The first-order chi connectivity index (χ1) is 18.2. The van der Waals surface area contributed by atoms with Gasteiger partial charge in [-0.1, -0.05) is 6.92 Å². The van der Waals surface area contributed by atoms with Crippen molar-refractivity contribution in [2.24, 2.45) is 11.7 Å². The minimum atomic E-state index is -1.37. The molecule has 214 valence electrons. The topological polar surface area (TPSA) is 197 Å². The fraction of sp³-hybridized carbons (Fsp3) is 0.519. The number of carbonyl (C=O) groups is 3. The number of aliphatic hydroxyl groups excluding tert-OH is 4. The molecule has 2 unspecified atom stereocenters. The molecule has 12 nitrogen and oxygen atoms in total. The molecule has 0 saturated carbocycles. The van der Waals surface area contributed by atoms with Crippen molar-refractivity contribution in [2.75, 3.05) is 45.0 Å². The van der Waals surface area contributed by atoms with Crippen molar-refractivity contribution < 1.29 is 39.9 Å². The minimum Gasteiger partial charge on any atom is -0.510 e. The van der Waals surface area contributed by atoms with Crippen molar-refractivity contribution in [3.05, 3.63) is 34.1 Å². The van der Waals surface area contributed by atoms with Crippen LogP contribution in [0.25, 0.3) is 5.76 Å². The monoisotopic (exact) mass is 546 g/mol. The Kier molecular flexibility index (Phi) is 8.94. The molecule has 0 heterocycles. The molecule has 2 aliphatic carbocycles. The van der Waals surface area contributed by atoms with Crippen LogP contribution < -0.4 is 16.0 Å². The maximum absolute atomic E-state index is 13.4. The Morgan fingerprint density at radius 2 is 1.79 bits per heavy atom. The van der Waals surface area contributed by atoms with E-state index in [-0.39, 0.29) is 42.0 Å². The molecular formula is C27H38N4O8. The molecule has 3 rings (SSSR count). The number of Topliss-reactive ketones (excluding diaryl/α,β-unsaturated/α-hetero) is 2. The molecule has 0 aliphatic heterocycles. The number of rotatable bonds is 7. The maximum Gasteiger partial charge on any atom is 0.255 e. The van der Waals surface area contributed by atoms with Crippen molar-refractivity contribution in [1.82, 2.24) is 4.90 Å². The SMILES string of the molecule is CCC(O)CNc1cc(N(C)C)c2c(c1O)C(O)=C1C(=O)CC(=O)/C(C(N)=O)=C(/O)C(N(C)C)[C@@H](O)C[C@@H]1C2. The molecule has 4 atom stereocenters. The fourth-order valence-electron chi connectivity index (χ4n) is 5.38. The van der Waals surface area contributed by atoms with E-state index in [0.717, 1.165) is 0 Å². The summed E-state index contributed by atoms with van der Waals surface area (Å²) >= 11 is 0. The Balaban J connectivity index is 2.25. The predicted molar refractivity (Wildman–Crippen MR) is 146 cm³/mol. The molecule has 39 heavy (non-hydrogen) atoms. The maximum atomic E-state index is 13.4. The Labute approximate surface area is 227 Å².